The summed E-state index contributed by atoms with van der Waals surface area (Å²) in [5.74, 6) is 0.856. The van der Waals surface area contributed by atoms with Gasteiger partial charge in [-0.3, -0.25) is 0 Å². The molecule has 2 aromatic rings. The lowest BCUT2D eigenvalue weighted by molar-refractivity contribution is 0.341. The fourth-order valence-corrected chi connectivity index (χ4v) is 2.76. The molecule has 0 aliphatic carbocycles. The Kier molecular flexibility index (Phi) is 5.38. The lowest BCUT2D eigenvalue weighted by Gasteiger charge is -2.20. The zero-order valence-electron chi connectivity index (χ0n) is 12.4. The summed E-state index contributed by atoms with van der Waals surface area (Å²) in [5.41, 5.74) is 3.13. The maximum absolute atomic E-state index is 6.26. The van der Waals surface area contributed by atoms with Crippen LogP contribution in [0.3, 0.4) is 0 Å². The molecule has 0 radical (unpaired) electrons. The molecule has 0 amide bonds. The second kappa shape index (κ2) is 7.06. The molecule has 112 valence electrons. The second-order valence-electron chi connectivity index (χ2n) is 4.96. The van der Waals surface area contributed by atoms with Crippen molar-refractivity contribution in [1.82, 2.24) is 0 Å². The maximum atomic E-state index is 6.26. The highest BCUT2D eigenvalue weighted by atomic mass is 35.5. The van der Waals surface area contributed by atoms with Crippen LogP contribution in [-0.4, -0.2) is 6.61 Å². The van der Waals surface area contributed by atoms with Crippen molar-refractivity contribution < 1.29 is 4.74 Å². The minimum atomic E-state index is 0.0525. The quantitative estimate of drug-likeness (QED) is 0.742. The predicted molar refractivity (Wildman–Crippen MR) is 90.8 cm³/mol. The summed E-state index contributed by atoms with van der Waals surface area (Å²) >= 11 is 12.2. The first kappa shape index (κ1) is 16.0. The minimum absolute atomic E-state index is 0.0525. The number of rotatable bonds is 5. The molecule has 1 atom stereocenters. The highest BCUT2D eigenvalue weighted by Gasteiger charge is 2.12. The molecule has 0 bridgehead atoms. The van der Waals surface area contributed by atoms with Crippen LogP contribution >= 0.6 is 23.2 Å². The number of nitrogens with one attached hydrogen (secondary N) is 1. The van der Waals surface area contributed by atoms with Gasteiger partial charge in [-0.15, -0.1) is 0 Å². The fraction of sp³-hybridized carbons (Fsp3) is 0.294. The highest BCUT2D eigenvalue weighted by molar-refractivity contribution is 6.35. The Labute approximate surface area is 136 Å². The van der Waals surface area contributed by atoms with Gasteiger partial charge in [0, 0.05) is 10.0 Å². The van der Waals surface area contributed by atoms with Gasteiger partial charge in [0.2, 0.25) is 0 Å². The maximum Gasteiger partial charge on any atom is 0.142 e. The van der Waals surface area contributed by atoms with Crippen molar-refractivity contribution in [2.24, 2.45) is 0 Å². The lowest BCUT2D eigenvalue weighted by Crippen LogP contribution is -2.09. The van der Waals surface area contributed by atoms with E-state index in [0.717, 1.165) is 17.0 Å². The van der Waals surface area contributed by atoms with Gasteiger partial charge in [0.25, 0.3) is 0 Å². The molecular formula is C17H19Cl2NO. The largest absolute Gasteiger partial charge is 0.492 e. The molecule has 21 heavy (non-hydrogen) atoms. The van der Waals surface area contributed by atoms with E-state index in [0.29, 0.717) is 16.7 Å². The topological polar surface area (TPSA) is 21.3 Å². The van der Waals surface area contributed by atoms with Crippen molar-refractivity contribution in [3.63, 3.8) is 0 Å². The van der Waals surface area contributed by atoms with Gasteiger partial charge in [-0.05, 0) is 56.2 Å². The number of halogens is 2. The van der Waals surface area contributed by atoms with Gasteiger partial charge in [-0.1, -0.05) is 35.3 Å². The second-order valence-corrected chi connectivity index (χ2v) is 5.81. The first-order valence-corrected chi connectivity index (χ1v) is 7.71. The Hall–Kier alpha value is -1.38. The predicted octanol–water partition coefficient (Wildman–Crippen LogP) is 5.87. The highest BCUT2D eigenvalue weighted by Crippen LogP contribution is 2.32. The van der Waals surface area contributed by atoms with Gasteiger partial charge in [0.1, 0.15) is 5.75 Å². The zero-order valence-corrected chi connectivity index (χ0v) is 13.9. The standard InChI is InChI=1S/C17H19Cl2NO/c1-4-21-17-9-11(2)5-8-16(17)20-12(3)14-7-6-13(18)10-15(14)19/h5-10,12,20H,4H2,1-3H3. The Morgan fingerprint density at radius 2 is 1.90 bits per heavy atom. The molecule has 0 heterocycles. The number of hydrogen-bond acceptors (Lipinski definition) is 2. The number of benzene rings is 2. The van der Waals surface area contributed by atoms with Gasteiger partial charge < -0.3 is 10.1 Å². The molecule has 2 nitrogen and oxygen atoms in total. The summed E-state index contributed by atoms with van der Waals surface area (Å²) in [6, 6.07) is 11.7. The van der Waals surface area contributed by atoms with E-state index in [4.69, 9.17) is 27.9 Å². The molecular weight excluding hydrogens is 305 g/mol. The van der Waals surface area contributed by atoms with Crippen LogP contribution in [0.5, 0.6) is 5.75 Å². The van der Waals surface area contributed by atoms with E-state index in [2.05, 4.69) is 18.3 Å². The monoisotopic (exact) mass is 323 g/mol. The number of ether oxygens (including phenoxy) is 1. The van der Waals surface area contributed by atoms with E-state index in [9.17, 15) is 0 Å². The van der Waals surface area contributed by atoms with Crippen LogP contribution in [0.4, 0.5) is 5.69 Å². The van der Waals surface area contributed by atoms with Crippen LogP contribution in [0, 0.1) is 6.92 Å². The van der Waals surface area contributed by atoms with E-state index in [1.807, 2.05) is 38.1 Å². The van der Waals surface area contributed by atoms with Crippen molar-refractivity contribution in [1.29, 1.82) is 0 Å². The number of aryl methyl sites for hydroxylation is 1. The van der Waals surface area contributed by atoms with Crippen LogP contribution in [-0.2, 0) is 0 Å². The molecule has 0 aromatic heterocycles. The van der Waals surface area contributed by atoms with Crippen LogP contribution in [0.15, 0.2) is 36.4 Å². The van der Waals surface area contributed by atoms with Crippen molar-refractivity contribution >= 4 is 28.9 Å². The Bertz CT molecular complexity index is 628. The van der Waals surface area contributed by atoms with E-state index in [1.54, 1.807) is 6.07 Å². The third-order valence-electron chi connectivity index (χ3n) is 3.24. The summed E-state index contributed by atoms with van der Waals surface area (Å²) < 4.78 is 5.69. The van der Waals surface area contributed by atoms with Crippen LogP contribution in [0.1, 0.15) is 31.0 Å². The SMILES string of the molecule is CCOc1cc(C)ccc1NC(C)c1ccc(Cl)cc1Cl. The van der Waals surface area contributed by atoms with Gasteiger partial charge in [0.05, 0.1) is 18.3 Å². The van der Waals surface area contributed by atoms with Crippen LogP contribution < -0.4 is 10.1 Å². The molecule has 0 saturated heterocycles. The summed E-state index contributed by atoms with van der Waals surface area (Å²) in [6.45, 7) is 6.72. The molecule has 0 spiro atoms. The average molecular weight is 324 g/mol. The van der Waals surface area contributed by atoms with Gasteiger partial charge in [-0.2, -0.15) is 0 Å². The van der Waals surface area contributed by atoms with E-state index >= 15 is 0 Å². The zero-order chi connectivity index (χ0) is 15.4. The summed E-state index contributed by atoms with van der Waals surface area (Å²) in [5, 5.41) is 4.75. The molecule has 0 saturated carbocycles. The number of anilines is 1. The third kappa shape index (κ3) is 4.05. The van der Waals surface area contributed by atoms with E-state index in [1.165, 1.54) is 5.56 Å². The van der Waals surface area contributed by atoms with Crippen molar-refractivity contribution in [3.8, 4) is 5.75 Å². The first-order chi connectivity index (χ1) is 10.0. The van der Waals surface area contributed by atoms with Gasteiger partial charge in [0.15, 0.2) is 0 Å². The lowest BCUT2D eigenvalue weighted by atomic mass is 10.1. The Morgan fingerprint density at radius 1 is 1.14 bits per heavy atom. The molecule has 1 N–H and O–H groups in total. The summed E-state index contributed by atoms with van der Waals surface area (Å²) in [4.78, 5) is 0. The van der Waals surface area contributed by atoms with Crippen LogP contribution in [0.25, 0.3) is 0 Å². The van der Waals surface area contributed by atoms with Crippen molar-refractivity contribution in [2.45, 2.75) is 26.8 Å². The Morgan fingerprint density at radius 3 is 2.57 bits per heavy atom. The first-order valence-electron chi connectivity index (χ1n) is 6.96. The fourth-order valence-electron chi connectivity index (χ4n) is 2.19. The Balaban J connectivity index is 2.24. The van der Waals surface area contributed by atoms with Gasteiger partial charge in [-0.25, -0.2) is 0 Å². The molecule has 4 heteroatoms. The van der Waals surface area contributed by atoms with Crippen LogP contribution in [0.2, 0.25) is 10.0 Å². The molecule has 2 rings (SSSR count). The summed E-state index contributed by atoms with van der Waals surface area (Å²) in [7, 11) is 0. The smallest absolute Gasteiger partial charge is 0.142 e. The van der Waals surface area contributed by atoms with Crippen molar-refractivity contribution in [2.75, 3.05) is 11.9 Å². The normalized spacial score (nSPS) is 12.0. The third-order valence-corrected chi connectivity index (χ3v) is 3.80. The van der Waals surface area contributed by atoms with Crippen molar-refractivity contribution in [3.05, 3.63) is 57.6 Å². The van der Waals surface area contributed by atoms with E-state index < -0.39 is 0 Å². The number of hydrogen-bond donors (Lipinski definition) is 1. The molecule has 0 aliphatic heterocycles. The average Bonchev–Trinajstić information content (AvgIpc) is 2.42. The molecule has 1 unspecified atom stereocenters. The molecule has 0 fully saturated rings. The molecule has 0 aliphatic rings. The van der Waals surface area contributed by atoms with E-state index in [-0.39, 0.29) is 6.04 Å². The van der Waals surface area contributed by atoms with Gasteiger partial charge >= 0.3 is 0 Å². The minimum Gasteiger partial charge on any atom is -0.492 e. The molecule has 2 aromatic carbocycles. The summed E-state index contributed by atoms with van der Waals surface area (Å²) in [6.07, 6.45) is 0.